The first kappa shape index (κ1) is 22.2. The summed E-state index contributed by atoms with van der Waals surface area (Å²) < 4.78 is 15.2. The zero-order valence-corrected chi connectivity index (χ0v) is 19.6. The predicted octanol–water partition coefficient (Wildman–Crippen LogP) is 5.58. The van der Waals surface area contributed by atoms with Crippen LogP contribution in [0.3, 0.4) is 0 Å². The van der Waals surface area contributed by atoms with Crippen molar-refractivity contribution in [3.63, 3.8) is 0 Å². The average molecular weight is 483 g/mol. The molecule has 8 heteroatoms. The van der Waals surface area contributed by atoms with Gasteiger partial charge in [-0.15, -0.1) is 0 Å². The van der Waals surface area contributed by atoms with Crippen molar-refractivity contribution in [1.82, 2.24) is 20.2 Å². The Kier molecular flexibility index (Phi) is 6.53. The van der Waals surface area contributed by atoms with E-state index in [1.165, 1.54) is 18.6 Å². The van der Waals surface area contributed by atoms with Gasteiger partial charge in [-0.05, 0) is 66.5 Å². The van der Waals surface area contributed by atoms with Crippen LogP contribution in [0.5, 0.6) is 0 Å². The van der Waals surface area contributed by atoms with E-state index in [1.807, 2.05) is 40.0 Å². The molecule has 0 radical (unpaired) electrons. The van der Waals surface area contributed by atoms with Crippen molar-refractivity contribution in [3.05, 3.63) is 81.9 Å². The van der Waals surface area contributed by atoms with E-state index < -0.39 is 0 Å². The van der Waals surface area contributed by atoms with E-state index in [1.54, 1.807) is 23.9 Å². The molecule has 0 atom stereocenters. The molecule has 2 aliphatic rings. The Balaban J connectivity index is 1.58. The molecule has 33 heavy (non-hydrogen) atoms. The molecule has 3 aromatic rings. The summed E-state index contributed by atoms with van der Waals surface area (Å²) >= 11 is 7.86. The van der Waals surface area contributed by atoms with Crippen LogP contribution < -0.4 is 5.43 Å². The molecule has 0 unspecified atom stereocenters. The van der Waals surface area contributed by atoms with Gasteiger partial charge < -0.3 is 0 Å². The molecule has 0 spiro atoms. The summed E-state index contributed by atoms with van der Waals surface area (Å²) in [6.45, 7) is 1.71. The number of carbonyl (C=O) groups is 1. The molecule has 0 bridgehead atoms. The number of benzene rings is 2. The molecule has 5 nitrogen and oxygen atoms in total. The van der Waals surface area contributed by atoms with Crippen molar-refractivity contribution in [3.8, 4) is 5.69 Å². The Hall–Kier alpha value is -2.61. The second-order valence-corrected chi connectivity index (χ2v) is 9.69. The normalized spacial score (nSPS) is 17.7. The van der Waals surface area contributed by atoms with Gasteiger partial charge in [0.2, 0.25) is 0 Å². The smallest absolute Gasteiger partial charge is 0.283 e. The van der Waals surface area contributed by atoms with Gasteiger partial charge in [-0.1, -0.05) is 30.2 Å². The van der Waals surface area contributed by atoms with E-state index in [4.69, 9.17) is 16.7 Å². The number of thioether (sulfide) groups is 1. The highest BCUT2D eigenvalue weighted by atomic mass is 35.5. The van der Waals surface area contributed by atoms with Crippen molar-refractivity contribution in [1.29, 1.82) is 0 Å². The molecule has 1 N–H and O–H groups in total. The minimum absolute atomic E-state index is 0.176. The van der Waals surface area contributed by atoms with Crippen molar-refractivity contribution >= 4 is 40.9 Å². The van der Waals surface area contributed by atoms with Crippen LogP contribution in [-0.2, 0) is 5.75 Å². The van der Waals surface area contributed by atoms with Crippen LogP contribution in [0, 0.1) is 5.82 Å². The lowest BCUT2D eigenvalue weighted by molar-refractivity contribution is 0.0743. The first-order valence-electron chi connectivity index (χ1n) is 11.1. The minimum atomic E-state index is -0.265. The fourth-order valence-electron chi connectivity index (χ4n) is 4.27. The van der Waals surface area contributed by atoms with Crippen molar-refractivity contribution < 1.29 is 9.18 Å². The maximum Gasteiger partial charge on any atom is 0.286 e. The summed E-state index contributed by atoms with van der Waals surface area (Å²) in [4.78, 5) is 13.3. The molecule has 1 amide bonds. The number of fused-ring (bicyclic) bond motifs is 1. The summed E-state index contributed by atoms with van der Waals surface area (Å²) in [5, 5.41) is 7.41. The quantitative estimate of drug-likeness (QED) is 0.527. The van der Waals surface area contributed by atoms with E-state index in [9.17, 15) is 9.18 Å². The SMILES string of the molecule is O=C(NN1CCCCC1)c1nn(-c2ccc(Cl)cc2)c2c1CSCC2=Cc1ccc(F)cc1. The number of rotatable bonds is 4. The standard InChI is InChI=1S/C25H24ClFN4OS/c26-19-6-10-21(11-7-19)31-24-18(14-17-4-8-20(27)9-5-17)15-33-16-22(24)23(28-31)25(32)29-30-12-2-1-3-13-30/h4-11,14H,1-3,12-13,15-16H2,(H,29,32). The van der Waals surface area contributed by atoms with Crippen LogP contribution in [0.1, 0.15) is 46.6 Å². The largest absolute Gasteiger partial charge is 0.286 e. The molecule has 1 fully saturated rings. The van der Waals surface area contributed by atoms with Gasteiger partial charge >= 0.3 is 0 Å². The Bertz CT molecular complexity index is 1180. The number of nitrogens with zero attached hydrogens (tertiary/aromatic N) is 3. The number of carbonyl (C=O) groups excluding carboxylic acids is 1. The Morgan fingerprint density at radius 2 is 1.76 bits per heavy atom. The number of halogens is 2. The summed E-state index contributed by atoms with van der Waals surface area (Å²) in [5.41, 5.74) is 8.14. The van der Waals surface area contributed by atoms with Crippen molar-refractivity contribution in [2.75, 3.05) is 18.8 Å². The van der Waals surface area contributed by atoms with Gasteiger partial charge in [-0.25, -0.2) is 14.1 Å². The van der Waals surface area contributed by atoms with Gasteiger partial charge in [-0.3, -0.25) is 10.2 Å². The third-order valence-corrected chi connectivity index (χ3v) is 7.16. The molecule has 3 heterocycles. The summed E-state index contributed by atoms with van der Waals surface area (Å²) in [6, 6.07) is 13.9. The molecule has 1 saturated heterocycles. The maximum atomic E-state index is 13.4. The highest BCUT2D eigenvalue weighted by Crippen LogP contribution is 2.37. The minimum Gasteiger partial charge on any atom is -0.283 e. The maximum absolute atomic E-state index is 13.4. The fourth-order valence-corrected chi connectivity index (χ4v) is 5.42. The molecule has 5 rings (SSSR count). The van der Waals surface area contributed by atoms with E-state index >= 15 is 0 Å². The van der Waals surface area contributed by atoms with Crippen molar-refractivity contribution in [2.45, 2.75) is 25.0 Å². The van der Waals surface area contributed by atoms with Crippen LogP contribution in [0.4, 0.5) is 4.39 Å². The second-order valence-electron chi connectivity index (χ2n) is 8.27. The lowest BCUT2D eigenvalue weighted by Crippen LogP contribution is -2.45. The molecular weight excluding hydrogens is 459 g/mol. The molecular formula is C25H24ClFN4OS. The Morgan fingerprint density at radius 3 is 2.48 bits per heavy atom. The molecule has 1 aromatic heterocycles. The highest BCUT2D eigenvalue weighted by Gasteiger charge is 2.29. The first-order valence-corrected chi connectivity index (χ1v) is 12.6. The lowest BCUT2D eigenvalue weighted by atomic mass is 10.0. The number of aromatic nitrogens is 2. The molecule has 0 aliphatic carbocycles. The first-order chi connectivity index (χ1) is 16.1. The van der Waals surface area contributed by atoms with E-state index in [0.717, 1.165) is 59.8 Å². The Labute approximate surface area is 201 Å². The number of hydrogen-bond donors (Lipinski definition) is 1. The zero-order chi connectivity index (χ0) is 22.8. The number of nitrogens with one attached hydrogen (secondary N) is 1. The van der Waals surface area contributed by atoms with Gasteiger partial charge in [0.25, 0.3) is 5.91 Å². The summed E-state index contributed by atoms with van der Waals surface area (Å²) in [5.74, 6) is 1.03. The van der Waals surface area contributed by atoms with E-state index in [2.05, 4.69) is 5.43 Å². The van der Waals surface area contributed by atoms with E-state index in [0.29, 0.717) is 16.5 Å². The number of hydrogen-bond acceptors (Lipinski definition) is 4. The van der Waals surface area contributed by atoms with E-state index in [-0.39, 0.29) is 11.7 Å². The second kappa shape index (κ2) is 9.71. The number of piperidine rings is 1. The van der Waals surface area contributed by atoms with Crippen LogP contribution >= 0.6 is 23.4 Å². The van der Waals surface area contributed by atoms with Crippen molar-refractivity contribution in [2.24, 2.45) is 0 Å². The predicted molar refractivity (Wildman–Crippen MR) is 132 cm³/mol. The van der Waals surface area contributed by atoms with Gasteiger partial charge in [-0.2, -0.15) is 16.9 Å². The third-order valence-electron chi connectivity index (χ3n) is 5.90. The van der Waals surface area contributed by atoms with Crippen LogP contribution in [0.2, 0.25) is 5.02 Å². The van der Waals surface area contributed by atoms with Gasteiger partial charge in [0.05, 0.1) is 11.4 Å². The third kappa shape index (κ3) is 4.86. The summed E-state index contributed by atoms with van der Waals surface area (Å²) in [6.07, 6.45) is 5.40. The van der Waals surface area contributed by atoms with Gasteiger partial charge in [0.15, 0.2) is 5.69 Å². The zero-order valence-electron chi connectivity index (χ0n) is 18.1. The molecule has 2 aliphatic heterocycles. The number of hydrazine groups is 1. The molecule has 0 saturated carbocycles. The Morgan fingerprint density at radius 1 is 1.03 bits per heavy atom. The van der Waals surface area contributed by atoms with Crippen LogP contribution in [-0.4, -0.2) is 39.5 Å². The molecule has 170 valence electrons. The monoisotopic (exact) mass is 482 g/mol. The van der Waals surface area contributed by atoms with Gasteiger partial charge in [0, 0.05) is 35.2 Å². The van der Waals surface area contributed by atoms with Crippen LogP contribution in [0.15, 0.2) is 48.5 Å². The fraction of sp³-hybridized carbons (Fsp3) is 0.280. The van der Waals surface area contributed by atoms with Gasteiger partial charge in [0.1, 0.15) is 5.82 Å². The lowest BCUT2D eigenvalue weighted by Gasteiger charge is -2.26. The van der Waals surface area contributed by atoms with Crippen LogP contribution in [0.25, 0.3) is 17.3 Å². The highest BCUT2D eigenvalue weighted by molar-refractivity contribution is 7.99. The average Bonchev–Trinajstić information content (AvgIpc) is 3.23. The summed E-state index contributed by atoms with van der Waals surface area (Å²) in [7, 11) is 0. The topological polar surface area (TPSA) is 50.2 Å². The number of amides is 1. The molecule has 2 aromatic carbocycles.